The molecule has 2 aliphatic carbocycles. The number of nitrogens with one attached hydrogen (secondary N) is 2. The maximum atomic E-state index is 14.6. The quantitative estimate of drug-likeness (QED) is 0.365. The van der Waals surface area contributed by atoms with E-state index in [4.69, 9.17) is 0 Å². The number of fused-ring (bicyclic) bond motifs is 3. The van der Waals surface area contributed by atoms with Crippen molar-refractivity contribution in [3.05, 3.63) is 47.4 Å². The number of nitrogens with zero attached hydrogens (tertiary/aromatic N) is 3. The number of amides is 1. The Labute approximate surface area is 209 Å². The molecule has 0 saturated heterocycles. The molecule has 2 bridgehead atoms. The molecule has 1 amide bonds. The summed E-state index contributed by atoms with van der Waals surface area (Å²) in [6, 6.07) is 2.51. The summed E-state index contributed by atoms with van der Waals surface area (Å²) in [5.41, 5.74) is 3.06. The molecule has 2 heterocycles. The predicted octanol–water partition coefficient (Wildman–Crippen LogP) is 6.25. The standard InChI is InChI=1S/C25H27F6N5O/c1-22(2)14-8-9-23(22,3)18(10-14)33-34-21(37)17-12-20-32-16(13-4-6-15(26)7-5-13)11-19(36(20)35-17)24(27,28)25(29,30)31/h4-7,12,14,16,19,32H,8-11H2,1-3H3,(H,34,37)/b33-18-. The van der Waals surface area contributed by atoms with Gasteiger partial charge in [0.15, 0.2) is 5.69 Å². The number of hydrogen-bond donors (Lipinski definition) is 2. The summed E-state index contributed by atoms with van der Waals surface area (Å²) in [6.07, 6.45) is -3.81. The van der Waals surface area contributed by atoms with E-state index >= 15 is 0 Å². The zero-order valence-electron chi connectivity index (χ0n) is 20.5. The monoisotopic (exact) mass is 527 g/mol. The van der Waals surface area contributed by atoms with Gasteiger partial charge in [-0.05, 0) is 48.3 Å². The summed E-state index contributed by atoms with van der Waals surface area (Å²) in [5.74, 6) is -6.26. The summed E-state index contributed by atoms with van der Waals surface area (Å²) in [6.45, 7) is 6.44. The molecular formula is C25H27F6N5O. The topological polar surface area (TPSA) is 71.3 Å². The van der Waals surface area contributed by atoms with E-state index in [0.29, 0.717) is 16.2 Å². The van der Waals surface area contributed by atoms with E-state index in [2.05, 4.69) is 41.7 Å². The number of rotatable bonds is 4. The normalized spacial score (nSPS) is 29.8. The fourth-order valence-corrected chi connectivity index (χ4v) is 6.09. The molecule has 6 nitrogen and oxygen atoms in total. The van der Waals surface area contributed by atoms with E-state index in [-0.39, 0.29) is 22.3 Å². The third-order valence-corrected chi connectivity index (χ3v) is 8.92. The van der Waals surface area contributed by atoms with Crippen LogP contribution in [0.15, 0.2) is 35.4 Å². The van der Waals surface area contributed by atoms with Crippen molar-refractivity contribution in [2.24, 2.45) is 21.8 Å². The van der Waals surface area contributed by atoms with Crippen LogP contribution in [-0.4, -0.2) is 33.5 Å². The maximum Gasteiger partial charge on any atom is 0.455 e. The molecule has 4 unspecified atom stereocenters. The molecule has 0 radical (unpaired) electrons. The molecule has 37 heavy (non-hydrogen) atoms. The first-order valence-corrected chi connectivity index (χ1v) is 12.1. The Bertz CT molecular complexity index is 1250. The second-order valence-corrected chi connectivity index (χ2v) is 11.0. The highest BCUT2D eigenvalue weighted by atomic mass is 19.4. The number of aromatic nitrogens is 2. The third-order valence-electron chi connectivity index (χ3n) is 8.92. The molecule has 1 aromatic carbocycles. The lowest BCUT2D eigenvalue weighted by Gasteiger charge is -2.37. The summed E-state index contributed by atoms with van der Waals surface area (Å²) in [7, 11) is 0. The highest BCUT2D eigenvalue weighted by Crippen LogP contribution is 2.64. The van der Waals surface area contributed by atoms with Crippen molar-refractivity contribution in [1.29, 1.82) is 0 Å². The van der Waals surface area contributed by atoms with Gasteiger partial charge in [-0.1, -0.05) is 32.9 Å². The lowest BCUT2D eigenvalue weighted by Crippen LogP contribution is -2.47. The highest BCUT2D eigenvalue weighted by molar-refractivity contribution is 5.97. The molecular weight excluding hydrogens is 500 g/mol. The van der Waals surface area contributed by atoms with E-state index in [1.54, 1.807) is 0 Å². The summed E-state index contributed by atoms with van der Waals surface area (Å²) < 4.78 is 83.2. The van der Waals surface area contributed by atoms with Gasteiger partial charge in [0.1, 0.15) is 17.7 Å². The number of carbonyl (C=O) groups excluding carboxylic acids is 1. The van der Waals surface area contributed by atoms with Gasteiger partial charge >= 0.3 is 12.1 Å². The minimum atomic E-state index is -5.84. The van der Waals surface area contributed by atoms with Crippen molar-refractivity contribution in [3.63, 3.8) is 0 Å². The van der Waals surface area contributed by atoms with Crippen LogP contribution in [0, 0.1) is 22.6 Å². The van der Waals surface area contributed by atoms with E-state index in [1.807, 2.05) is 0 Å². The smallest absolute Gasteiger partial charge is 0.363 e. The molecule has 4 atom stereocenters. The number of benzene rings is 1. The van der Waals surface area contributed by atoms with Crippen LogP contribution in [0.1, 0.15) is 74.6 Å². The number of hydrogen-bond acceptors (Lipinski definition) is 4. The van der Waals surface area contributed by atoms with Gasteiger partial charge in [0.25, 0.3) is 5.91 Å². The van der Waals surface area contributed by atoms with Gasteiger partial charge in [-0.15, -0.1) is 0 Å². The number of alkyl halides is 5. The fraction of sp³-hybridized carbons (Fsp3) is 0.560. The van der Waals surface area contributed by atoms with Crippen LogP contribution in [-0.2, 0) is 0 Å². The minimum Gasteiger partial charge on any atom is -0.363 e. The first-order chi connectivity index (χ1) is 17.1. The first kappa shape index (κ1) is 25.6. The molecule has 3 aliphatic rings. The number of halogens is 6. The minimum absolute atomic E-state index is 0.0136. The van der Waals surface area contributed by atoms with Crippen LogP contribution < -0.4 is 10.7 Å². The number of carbonyl (C=O) groups is 1. The Kier molecular flexibility index (Phi) is 5.69. The largest absolute Gasteiger partial charge is 0.455 e. The van der Waals surface area contributed by atoms with Crippen LogP contribution >= 0.6 is 0 Å². The van der Waals surface area contributed by atoms with Crippen molar-refractivity contribution in [2.75, 3.05) is 5.32 Å². The van der Waals surface area contributed by atoms with Crippen molar-refractivity contribution in [2.45, 2.75) is 70.6 Å². The molecule has 0 spiro atoms. The first-order valence-electron chi connectivity index (χ1n) is 12.1. The summed E-state index contributed by atoms with van der Waals surface area (Å²) in [4.78, 5) is 12.9. The number of hydrazone groups is 1. The van der Waals surface area contributed by atoms with Crippen molar-refractivity contribution >= 4 is 17.4 Å². The molecule has 1 aromatic heterocycles. The molecule has 2 N–H and O–H groups in total. The van der Waals surface area contributed by atoms with Crippen LogP contribution in [0.25, 0.3) is 0 Å². The van der Waals surface area contributed by atoms with Gasteiger partial charge < -0.3 is 5.32 Å². The predicted molar refractivity (Wildman–Crippen MR) is 124 cm³/mol. The van der Waals surface area contributed by atoms with Crippen LogP contribution in [0.2, 0.25) is 0 Å². The van der Waals surface area contributed by atoms with Gasteiger partial charge in [-0.25, -0.2) is 14.5 Å². The maximum absolute atomic E-state index is 14.6. The van der Waals surface area contributed by atoms with E-state index < -0.39 is 42.3 Å². The zero-order valence-corrected chi connectivity index (χ0v) is 20.5. The van der Waals surface area contributed by atoms with Crippen molar-refractivity contribution < 1.29 is 31.1 Å². The van der Waals surface area contributed by atoms with E-state index in [9.17, 15) is 31.1 Å². The van der Waals surface area contributed by atoms with Crippen LogP contribution in [0.3, 0.4) is 0 Å². The second kappa shape index (κ2) is 8.22. The zero-order chi connectivity index (χ0) is 27.0. The Balaban J connectivity index is 1.44. The molecule has 5 rings (SSSR count). The SMILES string of the molecule is CC12CCC(C/C1=N/NC(=O)c1cc3n(n1)C(C(F)(F)C(F)(F)F)CC(c1ccc(F)cc1)N3)C2(C)C. The molecule has 2 aromatic rings. The molecule has 2 fully saturated rings. The molecule has 1 aliphatic heterocycles. The van der Waals surface area contributed by atoms with Crippen molar-refractivity contribution in [1.82, 2.24) is 15.2 Å². The van der Waals surface area contributed by atoms with E-state index in [1.165, 1.54) is 12.1 Å². The Morgan fingerprint density at radius 3 is 2.41 bits per heavy atom. The van der Waals surface area contributed by atoms with E-state index in [0.717, 1.165) is 43.2 Å². The van der Waals surface area contributed by atoms with Gasteiger partial charge in [0.2, 0.25) is 0 Å². The Morgan fingerprint density at radius 1 is 1.16 bits per heavy atom. The van der Waals surface area contributed by atoms with Gasteiger partial charge in [-0.3, -0.25) is 4.79 Å². The average molecular weight is 528 g/mol. The Hall–Kier alpha value is -3.05. The second-order valence-electron chi connectivity index (χ2n) is 11.0. The third kappa shape index (κ3) is 3.90. The Morgan fingerprint density at radius 2 is 1.84 bits per heavy atom. The molecule has 200 valence electrons. The molecule has 12 heteroatoms. The summed E-state index contributed by atoms with van der Waals surface area (Å²) >= 11 is 0. The van der Waals surface area contributed by atoms with Gasteiger partial charge in [-0.2, -0.15) is 32.2 Å². The number of anilines is 1. The lowest BCUT2D eigenvalue weighted by atomic mass is 9.70. The van der Waals surface area contributed by atoms with Crippen LogP contribution in [0.5, 0.6) is 0 Å². The summed E-state index contributed by atoms with van der Waals surface area (Å²) in [5, 5.41) is 11.0. The van der Waals surface area contributed by atoms with Crippen molar-refractivity contribution in [3.8, 4) is 0 Å². The van der Waals surface area contributed by atoms with Gasteiger partial charge in [0, 0.05) is 23.6 Å². The van der Waals surface area contributed by atoms with Crippen LogP contribution in [0.4, 0.5) is 32.2 Å². The van der Waals surface area contributed by atoms with Gasteiger partial charge in [0.05, 0.1) is 6.04 Å². The lowest BCUT2D eigenvalue weighted by molar-refractivity contribution is -0.301. The molecule has 2 saturated carbocycles. The fourth-order valence-electron chi connectivity index (χ4n) is 6.09. The highest BCUT2D eigenvalue weighted by Gasteiger charge is 2.64. The average Bonchev–Trinajstić information content (AvgIpc) is 3.41.